The molecular formula is C66H46N4S2. The van der Waals surface area contributed by atoms with E-state index >= 15 is 0 Å². The van der Waals surface area contributed by atoms with E-state index in [9.17, 15) is 0 Å². The van der Waals surface area contributed by atoms with Crippen LogP contribution in [0.4, 0.5) is 68.2 Å². The second-order valence-electron chi connectivity index (χ2n) is 17.8. The van der Waals surface area contributed by atoms with Crippen molar-refractivity contribution >= 4 is 131 Å². The Morgan fingerprint density at radius 2 is 0.514 bits per heavy atom. The predicted octanol–water partition coefficient (Wildman–Crippen LogP) is 20.3. The zero-order chi connectivity index (χ0) is 47.8. The molecule has 0 saturated carbocycles. The van der Waals surface area contributed by atoms with Crippen LogP contribution in [0.5, 0.6) is 0 Å². The van der Waals surface area contributed by atoms with Crippen LogP contribution in [0, 0.1) is 0 Å². The van der Waals surface area contributed by atoms with Gasteiger partial charge in [0, 0.05) is 97.2 Å². The molecule has 11 aromatic carbocycles. The number of thiophene rings is 2. The van der Waals surface area contributed by atoms with E-state index in [0.29, 0.717) is 0 Å². The van der Waals surface area contributed by atoms with E-state index in [-0.39, 0.29) is 0 Å². The Morgan fingerprint density at radius 3 is 1.04 bits per heavy atom. The minimum Gasteiger partial charge on any atom is -0.310 e. The van der Waals surface area contributed by atoms with Crippen LogP contribution in [0.2, 0.25) is 0 Å². The van der Waals surface area contributed by atoms with Gasteiger partial charge in [-0.25, -0.2) is 0 Å². The molecule has 72 heavy (non-hydrogen) atoms. The highest BCUT2D eigenvalue weighted by atomic mass is 32.1. The van der Waals surface area contributed by atoms with Gasteiger partial charge >= 0.3 is 0 Å². The van der Waals surface area contributed by atoms with Gasteiger partial charge < -0.3 is 19.6 Å². The molecule has 0 unspecified atom stereocenters. The van der Waals surface area contributed by atoms with E-state index in [0.717, 1.165) is 68.2 Å². The van der Waals surface area contributed by atoms with Crippen LogP contribution in [-0.2, 0) is 0 Å². The minimum absolute atomic E-state index is 1.04. The van der Waals surface area contributed by atoms with Crippen LogP contribution in [0.25, 0.3) is 40.3 Å². The third kappa shape index (κ3) is 7.99. The molecule has 4 nitrogen and oxygen atoms in total. The van der Waals surface area contributed by atoms with Crippen LogP contribution in [-0.4, -0.2) is 0 Å². The molecule has 0 atom stereocenters. The zero-order valence-corrected chi connectivity index (χ0v) is 40.8. The van der Waals surface area contributed by atoms with Gasteiger partial charge in [-0.1, -0.05) is 140 Å². The van der Waals surface area contributed by atoms with E-state index < -0.39 is 0 Å². The van der Waals surface area contributed by atoms with Crippen molar-refractivity contribution in [3.8, 4) is 0 Å². The van der Waals surface area contributed by atoms with Gasteiger partial charge in [0.1, 0.15) is 0 Å². The number of fused-ring (bicyclic) bond motifs is 6. The summed E-state index contributed by atoms with van der Waals surface area (Å²) < 4.78 is 4.96. The molecule has 0 aliphatic carbocycles. The smallest absolute Gasteiger partial charge is 0.0716 e. The van der Waals surface area contributed by atoms with Crippen molar-refractivity contribution in [3.63, 3.8) is 0 Å². The average Bonchev–Trinajstić information content (AvgIpc) is 4.00. The van der Waals surface area contributed by atoms with Crippen LogP contribution < -0.4 is 19.6 Å². The van der Waals surface area contributed by atoms with Gasteiger partial charge in [-0.2, -0.15) is 0 Å². The summed E-state index contributed by atoms with van der Waals surface area (Å²) in [5.74, 6) is 0. The molecule has 2 heterocycles. The highest BCUT2D eigenvalue weighted by molar-refractivity contribution is 7.26. The zero-order valence-electron chi connectivity index (χ0n) is 39.2. The van der Waals surface area contributed by atoms with Gasteiger partial charge in [0.2, 0.25) is 0 Å². The van der Waals surface area contributed by atoms with Crippen molar-refractivity contribution in [1.29, 1.82) is 0 Å². The van der Waals surface area contributed by atoms with Crippen molar-refractivity contribution in [3.05, 3.63) is 279 Å². The van der Waals surface area contributed by atoms with Crippen molar-refractivity contribution in [2.24, 2.45) is 0 Å². The normalized spacial score (nSPS) is 11.3. The summed E-state index contributed by atoms with van der Waals surface area (Å²) in [5.41, 5.74) is 13.0. The van der Waals surface area contributed by atoms with E-state index in [1.165, 1.54) is 40.3 Å². The maximum absolute atomic E-state index is 2.49. The molecule has 0 amide bonds. The summed E-state index contributed by atoms with van der Waals surface area (Å²) >= 11 is 3.69. The van der Waals surface area contributed by atoms with E-state index in [1.54, 1.807) is 0 Å². The number of hydrogen-bond donors (Lipinski definition) is 0. The maximum atomic E-state index is 2.49. The Bertz CT molecular complexity index is 3870. The summed E-state index contributed by atoms with van der Waals surface area (Å²) in [6.07, 6.45) is 0. The van der Waals surface area contributed by atoms with Gasteiger partial charge in [0.25, 0.3) is 0 Å². The summed E-state index contributed by atoms with van der Waals surface area (Å²) in [6.45, 7) is 0. The maximum Gasteiger partial charge on any atom is 0.0716 e. The SMILES string of the molecule is c1ccc(N(c2ccccc2)c2cccc(N(c3ccc4c(c3)sc3ccc(N(c5ccccc5)c5ccccc5)cc34)c3cc4c(cc3N(c3ccccc3)c3ccccc3)sc3ccccc34)c2)cc1. The Labute approximate surface area is 427 Å². The Hall–Kier alpha value is -8.94. The van der Waals surface area contributed by atoms with E-state index in [4.69, 9.17) is 0 Å². The summed E-state index contributed by atoms with van der Waals surface area (Å²) in [5, 5.41) is 4.94. The van der Waals surface area contributed by atoms with Crippen LogP contribution >= 0.6 is 22.7 Å². The molecule has 0 saturated heterocycles. The van der Waals surface area contributed by atoms with Crippen LogP contribution in [0.1, 0.15) is 0 Å². The van der Waals surface area contributed by atoms with E-state index in [2.05, 4.69) is 299 Å². The molecule has 13 rings (SSSR count). The van der Waals surface area contributed by atoms with Gasteiger partial charge in [0.05, 0.1) is 11.4 Å². The quantitative estimate of drug-likeness (QED) is 0.121. The third-order valence-corrected chi connectivity index (χ3v) is 15.6. The monoisotopic (exact) mass is 958 g/mol. The second kappa shape index (κ2) is 18.8. The number of benzene rings is 11. The summed E-state index contributed by atoms with van der Waals surface area (Å²) in [7, 11) is 0. The lowest BCUT2D eigenvalue weighted by Crippen LogP contribution is -2.17. The molecule has 342 valence electrons. The first-order valence-electron chi connectivity index (χ1n) is 24.2. The number of hydrogen-bond acceptors (Lipinski definition) is 6. The molecule has 13 aromatic rings. The lowest BCUT2D eigenvalue weighted by molar-refractivity contribution is 1.23. The van der Waals surface area contributed by atoms with Gasteiger partial charge in [0.15, 0.2) is 0 Å². The fraction of sp³-hybridized carbons (Fsp3) is 0. The number of anilines is 12. The summed E-state index contributed by atoms with van der Waals surface area (Å²) in [4.78, 5) is 9.59. The molecule has 0 fully saturated rings. The first-order valence-corrected chi connectivity index (χ1v) is 25.9. The van der Waals surface area contributed by atoms with Gasteiger partial charge in [-0.15, -0.1) is 22.7 Å². The third-order valence-electron chi connectivity index (χ3n) is 13.3. The minimum atomic E-state index is 1.04. The predicted molar refractivity (Wildman–Crippen MR) is 311 cm³/mol. The lowest BCUT2D eigenvalue weighted by Gasteiger charge is -2.34. The number of rotatable bonds is 12. The van der Waals surface area contributed by atoms with Gasteiger partial charge in [-0.05, 0) is 140 Å². The molecule has 0 N–H and O–H groups in total. The largest absolute Gasteiger partial charge is 0.310 e. The molecule has 0 aliphatic rings. The number of para-hydroxylation sites is 6. The molecule has 0 bridgehead atoms. The first kappa shape index (κ1) is 43.1. The fourth-order valence-corrected chi connectivity index (χ4v) is 12.4. The standard InChI is InChI=1S/C66H46N4S2/c1-7-22-47(23-8-1)67(48-24-9-2-10-25-48)53-34-21-35-54(42-53)70(56-38-40-58-59-43-55(39-41-64(59)72-65(58)44-56)68(49-26-11-3-12-27-49)50-28-13-4-14-29-50)61-45-60-57-36-19-20-37-63(57)71-66(60)46-62(61)69(51-30-15-5-16-31-51)52-32-17-6-18-33-52/h1-46H. The highest BCUT2D eigenvalue weighted by Gasteiger charge is 2.26. The highest BCUT2D eigenvalue weighted by Crippen LogP contribution is 2.52. The van der Waals surface area contributed by atoms with Crippen molar-refractivity contribution in [1.82, 2.24) is 0 Å². The Morgan fingerprint density at radius 1 is 0.181 bits per heavy atom. The molecule has 6 heteroatoms. The lowest BCUT2D eigenvalue weighted by atomic mass is 10.1. The topological polar surface area (TPSA) is 13.0 Å². The average molecular weight is 959 g/mol. The summed E-state index contributed by atoms with van der Waals surface area (Å²) in [6, 6.07) is 101. The molecule has 0 spiro atoms. The van der Waals surface area contributed by atoms with Crippen molar-refractivity contribution < 1.29 is 0 Å². The van der Waals surface area contributed by atoms with Crippen molar-refractivity contribution in [2.75, 3.05) is 19.6 Å². The van der Waals surface area contributed by atoms with Crippen molar-refractivity contribution in [2.45, 2.75) is 0 Å². The van der Waals surface area contributed by atoms with Crippen LogP contribution in [0.15, 0.2) is 279 Å². The second-order valence-corrected chi connectivity index (χ2v) is 19.9. The van der Waals surface area contributed by atoms with E-state index in [1.807, 2.05) is 22.7 Å². The first-order chi connectivity index (χ1) is 35.7. The van der Waals surface area contributed by atoms with Gasteiger partial charge in [-0.3, -0.25) is 0 Å². The molecular weight excluding hydrogens is 913 g/mol. The molecule has 0 radical (unpaired) electrons. The Balaban J connectivity index is 1.06. The number of nitrogens with zero attached hydrogens (tertiary/aromatic N) is 4. The van der Waals surface area contributed by atoms with Crippen LogP contribution in [0.3, 0.4) is 0 Å². The molecule has 2 aromatic heterocycles. The Kier molecular flexibility index (Phi) is 11.2. The molecule has 0 aliphatic heterocycles. The fourth-order valence-electron chi connectivity index (χ4n) is 10.1.